The Balaban J connectivity index is 1.08. The molecule has 0 fully saturated rings. The SMILES string of the molecule is CC1(C)c2ccccc2-c2ccc(-c3cc(-c4ccccc4)nc(-c4cc(-c5ccc6oc7ccccc7c6c5)cc(-c5ccc6oc7ccccc7c6c5)c4)n3)cc21. The van der Waals surface area contributed by atoms with Crippen molar-refractivity contribution in [1.29, 1.82) is 0 Å². The number of benzene rings is 8. The molecule has 0 N–H and O–H groups in total. The molecule has 11 aromatic rings. The van der Waals surface area contributed by atoms with Crippen LogP contribution in [0, 0.1) is 0 Å². The Labute approximate surface area is 341 Å². The quantitative estimate of drug-likeness (QED) is 0.175. The van der Waals surface area contributed by atoms with Gasteiger partial charge in [0, 0.05) is 43.7 Å². The summed E-state index contributed by atoms with van der Waals surface area (Å²) in [5, 5.41) is 4.37. The van der Waals surface area contributed by atoms with Crippen LogP contribution in [0.4, 0.5) is 0 Å². The van der Waals surface area contributed by atoms with Crippen LogP contribution >= 0.6 is 0 Å². The van der Waals surface area contributed by atoms with Crippen LogP contribution in [-0.4, -0.2) is 9.97 Å². The highest BCUT2D eigenvalue weighted by molar-refractivity contribution is 6.07. The summed E-state index contributed by atoms with van der Waals surface area (Å²) in [6.07, 6.45) is 0. The summed E-state index contributed by atoms with van der Waals surface area (Å²) in [6.45, 7) is 4.64. The van der Waals surface area contributed by atoms with Crippen LogP contribution in [-0.2, 0) is 5.41 Å². The van der Waals surface area contributed by atoms with Crippen molar-refractivity contribution in [2.24, 2.45) is 0 Å². The summed E-state index contributed by atoms with van der Waals surface area (Å²) in [5.41, 5.74) is 17.7. The van der Waals surface area contributed by atoms with E-state index in [0.717, 1.165) is 94.2 Å². The summed E-state index contributed by atoms with van der Waals surface area (Å²) in [6, 6.07) is 64.3. The van der Waals surface area contributed by atoms with Gasteiger partial charge in [-0.15, -0.1) is 0 Å². The van der Waals surface area contributed by atoms with Crippen LogP contribution in [0.25, 0.3) is 111 Å². The second kappa shape index (κ2) is 12.7. The molecule has 0 saturated heterocycles. The minimum atomic E-state index is -0.133. The second-order valence-electron chi connectivity index (χ2n) is 16.2. The maximum Gasteiger partial charge on any atom is 0.160 e. The van der Waals surface area contributed by atoms with E-state index >= 15 is 0 Å². The monoisotopic (exact) mass is 756 g/mol. The van der Waals surface area contributed by atoms with Gasteiger partial charge < -0.3 is 8.83 Å². The molecule has 0 aliphatic heterocycles. The molecule has 4 heteroatoms. The Morgan fingerprint density at radius 1 is 0.339 bits per heavy atom. The van der Waals surface area contributed by atoms with Crippen molar-refractivity contribution in [1.82, 2.24) is 9.97 Å². The summed E-state index contributed by atoms with van der Waals surface area (Å²) >= 11 is 0. The minimum absolute atomic E-state index is 0.133. The molecule has 12 rings (SSSR count). The normalized spacial score (nSPS) is 13.1. The van der Waals surface area contributed by atoms with Crippen molar-refractivity contribution in [3.05, 3.63) is 193 Å². The van der Waals surface area contributed by atoms with E-state index in [2.05, 4.69) is 166 Å². The number of nitrogens with zero attached hydrogens (tertiary/aromatic N) is 2. The summed E-state index contributed by atoms with van der Waals surface area (Å²) < 4.78 is 12.5. The lowest BCUT2D eigenvalue weighted by Crippen LogP contribution is -2.14. The van der Waals surface area contributed by atoms with Crippen LogP contribution in [0.5, 0.6) is 0 Å². The van der Waals surface area contributed by atoms with Crippen molar-refractivity contribution < 1.29 is 8.83 Å². The first-order chi connectivity index (χ1) is 28.9. The summed E-state index contributed by atoms with van der Waals surface area (Å²) in [5.74, 6) is 0.664. The van der Waals surface area contributed by atoms with Gasteiger partial charge in [-0.25, -0.2) is 9.97 Å². The van der Waals surface area contributed by atoms with Crippen molar-refractivity contribution in [3.63, 3.8) is 0 Å². The van der Waals surface area contributed by atoms with E-state index in [-0.39, 0.29) is 5.41 Å². The number of hydrogen-bond acceptors (Lipinski definition) is 4. The largest absolute Gasteiger partial charge is 0.456 e. The zero-order valence-corrected chi connectivity index (χ0v) is 32.5. The van der Waals surface area contributed by atoms with Gasteiger partial charge in [0.2, 0.25) is 0 Å². The molecular weight excluding hydrogens is 721 g/mol. The lowest BCUT2D eigenvalue weighted by atomic mass is 9.82. The highest BCUT2D eigenvalue weighted by Crippen LogP contribution is 2.49. The van der Waals surface area contributed by atoms with Gasteiger partial charge in [-0.2, -0.15) is 0 Å². The molecule has 3 aromatic heterocycles. The van der Waals surface area contributed by atoms with E-state index in [0.29, 0.717) is 5.82 Å². The van der Waals surface area contributed by atoms with Gasteiger partial charge in [0.1, 0.15) is 22.3 Å². The van der Waals surface area contributed by atoms with Crippen molar-refractivity contribution in [2.75, 3.05) is 0 Å². The van der Waals surface area contributed by atoms with Gasteiger partial charge in [0.05, 0.1) is 11.4 Å². The first kappa shape index (κ1) is 33.6. The Hall–Kier alpha value is -7.56. The van der Waals surface area contributed by atoms with Gasteiger partial charge in [-0.1, -0.05) is 129 Å². The molecular formula is C55H36N2O2. The van der Waals surface area contributed by atoms with E-state index in [4.69, 9.17) is 18.8 Å². The predicted octanol–water partition coefficient (Wildman–Crippen LogP) is 14.9. The van der Waals surface area contributed by atoms with Gasteiger partial charge in [-0.05, 0) is 111 Å². The van der Waals surface area contributed by atoms with E-state index in [1.807, 2.05) is 30.3 Å². The predicted molar refractivity (Wildman–Crippen MR) is 241 cm³/mol. The van der Waals surface area contributed by atoms with Crippen LogP contribution in [0.2, 0.25) is 0 Å². The topological polar surface area (TPSA) is 52.1 Å². The van der Waals surface area contributed by atoms with E-state index in [9.17, 15) is 0 Å². The Morgan fingerprint density at radius 3 is 1.51 bits per heavy atom. The number of aromatic nitrogens is 2. The van der Waals surface area contributed by atoms with Crippen molar-refractivity contribution in [2.45, 2.75) is 19.3 Å². The molecule has 1 aliphatic rings. The van der Waals surface area contributed by atoms with Crippen LogP contribution < -0.4 is 0 Å². The lowest BCUT2D eigenvalue weighted by molar-refractivity contribution is 0.660. The Morgan fingerprint density at radius 2 is 0.847 bits per heavy atom. The molecule has 278 valence electrons. The molecule has 0 atom stereocenters. The molecule has 8 aromatic carbocycles. The lowest BCUT2D eigenvalue weighted by Gasteiger charge is -2.22. The highest BCUT2D eigenvalue weighted by atomic mass is 16.3. The fourth-order valence-electron chi connectivity index (χ4n) is 9.25. The third kappa shape index (κ3) is 5.37. The molecule has 1 aliphatic carbocycles. The molecule has 0 saturated carbocycles. The number of rotatable bonds is 5. The molecule has 0 unspecified atom stereocenters. The van der Waals surface area contributed by atoms with Crippen molar-refractivity contribution in [3.8, 4) is 67.3 Å². The molecule has 0 amide bonds. The first-order valence-corrected chi connectivity index (χ1v) is 20.1. The molecule has 0 radical (unpaired) electrons. The Bertz CT molecular complexity index is 3350. The van der Waals surface area contributed by atoms with Gasteiger partial charge >= 0.3 is 0 Å². The molecule has 0 spiro atoms. The smallest absolute Gasteiger partial charge is 0.160 e. The maximum atomic E-state index is 6.24. The fourth-order valence-corrected chi connectivity index (χ4v) is 9.25. The van der Waals surface area contributed by atoms with Gasteiger partial charge in [-0.3, -0.25) is 0 Å². The van der Waals surface area contributed by atoms with E-state index in [1.165, 1.54) is 22.3 Å². The van der Waals surface area contributed by atoms with Gasteiger partial charge in [0.15, 0.2) is 5.82 Å². The molecule has 59 heavy (non-hydrogen) atoms. The fraction of sp³-hybridized carbons (Fsp3) is 0.0545. The standard InChI is InChI=1S/C55H36N2O2/c1-55(2)46-17-9-6-14-40(46)41-23-20-36(31-47(41)55)49-32-48(33-12-4-3-5-13-33)56-54(57-49)39-27-37(34-21-24-52-44(29-34)42-15-7-10-18-50(42)58-52)26-38(28-39)35-22-25-53-45(30-35)43-16-8-11-19-51(43)59-53/h3-32H,1-2H3. The van der Waals surface area contributed by atoms with E-state index in [1.54, 1.807) is 0 Å². The van der Waals surface area contributed by atoms with Crippen LogP contribution in [0.15, 0.2) is 191 Å². The highest BCUT2D eigenvalue weighted by Gasteiger charge is 2.35. The minimum Gasteiger partial charge on any atom is -0.456 e. The zero-order valence-electron chi connectivity index (χ0n) is 32.5. The summed E-state index contributed by atoms with van der Waals surface area (Å²) in [7, 11) is 0. The summed E-state index contributed by atoms with van der Waals surface area (Å²) in [4.78, 5) is 10.7. The van der Waals surface area contributed by atoms with E-state index < -0.39 is 0 Å². The van der Waals surface area contributed by atoms with Crippen LogP contribution in [0.3, 0.4) is 0 Å². The third-order valence-electron chi connectivity index (χ3n) is 12.3. The second-order valence-corrected chi connectivity index (χ2v) is 16.2. The molecule has 0 bridgehead atoms. The Kier molecular flexibility index (Phi) is 7.24. The molecule has 4 nitrogen and oxygen atoms in total. The number of fused-ring (bicyclic) bond motifs is 9. The average Bonchev–Trinajstić information content (AvgIpc) is 3.93. The molecule has 3 heterocycles. The number of para-hydroxylation sites is 2. The first-order valence-electron chi connectivity index (χ1n) is 20.1. The maximum absolute atomic E-state index is 6.24. The third-order valence-corrected chi connectivity index (χ3v) is 12.3. The van der Waals surface area contributed by atoms with Crippen molar-refractivity contribution >= 4 is 43.9 Å². The zero-order chi connectivity index (χ0) is 39.2. The average molecular weight is 757 g/mol. The van der Waals surface area contributed by atoms with Crippen LogP contribution in [0.1, 0.15) is 25.0 Å². The van der Waals surface area contributed by atoms with Gasteiger partial charge in [0.25, 0.3) is 0 Å². The number of furan rings is 2. The number of hydrogen-bond donors (Lipinski definition) is 0.